The number of hydrogen-bond acceptors (Lipinski definition) is 4. The molecule has 0 saturated heterocycles. The zero-order valence-electron chi connectivity index (χ0n) is 15.3. The average Bonchev–Trinajstić information content (AvgIpc) is 3.18. The van der Waals surface area contributed by atoms with Crippen LogP contribution in [-0.4, -0.2) is 38.1 Å². The molecule has 27 heavy (non-hydrogen) atoms. The molecule has 146 valence electrons. The molecule has 8 heteroatoms. The van der Waals surface area contributed by atoms with Crippen LogP contribution in [0.15, 0.2) is 52.1 Å². The lowest BCUT2D eigenvalue weighted by atomic mass is 10.3. The smallest absolute Gasteiger partial charge is 0.246 e. The summed E-state index contributed by atoms with van der Waals surface area (Å²) in [6.07, 6.45) is 2.40. The van der Waals surface area contributed by atoms with Gasteiger partial charge in [0.15, 0.2) is 5.96 Å². The molecule has 0 aliphatic carbocycles. The lowest BCUT2D eigenvalue weighted by molar-refractivity contribution is -0.114. The Hall–Kier alpha value is -2.87. The summed E-state index contributed by atoms with van der Waals surface area (Å²) < 4.78 is 23.6. The van der Waals surface area contributed by atoms with Crippen LogP contribution < -0.4 is 16.0 Å². The second-order valence-corrected chi connectivity index (χ2v) is 5.66. The first-order valence-corrected chi connectivity index (χ1v) is 8.85. The number of aliphatic imine (C=N–C) groups is 1. The SMILES string of the molecule is CCNC(=NCC(=O)Nc1ccc(F)cc1)NCCCOCc1ccco1. The maximum Gasteiger partial charge on any atom is 0.246 e. The maximum atomic E-state index is 12.9. The predicted molar refractivity (Wildman–Crippen MR) is 102 cm³/mol. The van der Waals surface area contributed by atoms with Crippen LogP contribution in [0, 0.1) is 5.82 Å². The highest BCUT2D eigenvalue weighted by molar-refractivity contribution is 5.94. The van der Waals surface area contributed by atoms with E-state index in [1.165, 1.54) is 24.3 Å². The Kier molecular flexibility index (Phi) is 8.85. The van der Waals surface area contributed by atoms with Gasteiger partial charge in [-0.1, -0.05) is 0 Å². The number of furan rings is 1. The molecular formula is C19H25FN4O3. The summed E-state index contributed by atoms with van der Waals surface area (Å²) in [5.74, 6) is 0.723. The van der Waals surface area contributed by atoms with E-state index in [0.717, 1.165) is 12.2 Å². The summed E-state index contributed by atoms with van der Waals surface area (Å²) in [7, 11) is 0. The molecule has 0 atom stereocenters. The van der Waals surface area contributed by atoms with E-state index in [1.54, 1.807) is 6.26 Å². The van der Waals surface area contributed by atoms with Crippen LogP contribution in [0.4, 0.5) is 10.1 Å². The first-order valence-electron chi connectivity index (χ1n) is 8.85. The molecule has 0 bridgehead atoms. The van der Waals surface area contributed by atoms with Crippen molar-refractivity contribution in [1.29, 1.82) is 0 Å². The van der Waals surface area contributed by atoms with E-state index in [1.807, 2.05) is 19.1 Å². The first-order chi connectivity index (χ1) is 13.2. The summed E-state index contributed by atoms with van der Waals surface area (Å²) in [5.41, 5.74) is 0.531. The summed E-state index contributed by atoms with van der Waals surface area (Å²) in [5, 5.41) is 8.89. The Balaban J connectivity index is 1.66. The lowest BCUT2D eigenvalue weighted by Crippen LogP contribution is -2.38. The molecule has 0 fully saturated rings. The van der Waals surface area contributed by atoms with Crippen LogP contribution in [0.25, 0.3) is 0 Å². The van der Waals surface area contributed by atoms with Crippen molar-refractivity contribution in [2.45, 2.75) is 20.0 Å². The fourth-order valence-corrected chi connectivity index (χ4v) is 2.17. The minimum absolute atomic E-state index is 0.0400. The van der Waals surface area contributed by atoms with Crippen LogP contribution in [0.1, 0.15) is 19.1 Å². The van der Waals surface area contributed by atoms with Gasteiger partial charge in [0.1, 0.15) is 24.7 Å². The Bertz CT molecular complexity index is 702. The largest absolute Gasteiger partial charge is 0.467 e. The molecule has 3 N–H and O–H groups in total. The molecule has 1 heterocycles. The molecule has 2 rings (SSSR count). The number of nitrogens with zero attached hydrogens (tertiary/aromatic N) is 1. The monoisotopic (exact) mass is 376 g/mol. The van der Waals surface area contributed by atoms with Gasteiger partial charge in [0, 0.05) is 25.4 Å². The summed E-state index contributed by atoms with van der Waals surface area (Å²) >= 11 is 0. The highest BCUT2D eigenvalue weighted by Gasteiger charge is 2.03. The number of carbonyl (C=O) groups excluding carboxylic acids is 1. The standard InChI is InChI=1S/C19H25FN4O3/c1-2-21-19(22-10-4-11-26-14-17-5-3-12-27-17)23-13-18(25)24-16-8-6-15(20)7-9-16/h3,5-9,12H,2,4,10-11,13-14H2,1H3,(H,24,25)(H2,21,22,23). The number of halogens is 1. The average molecular weight is 376 g/mol. The molecule has 0 radical (unpaired) electrons. The number of carbonyl (C=O) groups is 1. The minimum Gasteiger partial charge on any atom is -0.467 e. The number of anilines is 1. The third kappa shape index (κ3) is 8.37. The van der Waals surface area contributed by atoms with Gasteiger partial charge in [-0.2, -0.15) is 0 Å². The number of amides is 1. The highest BCUT2D eigenvalue weighted by atomic mass is 19.1. The zero-order valence-corrected chi connectivity index (χ0v) is 15.3. The van der Waals surface area contributed by atoms with Gasteiger partial charge in [-0.3, -0.25) is 4.79 Å². The topological polar surface area (TPSA) is 87.9 Å². The molecule has 1 aromatic carbocycles. The van der Waals surface area contributed by atoms with Gasteiger partial charge in [0.25, 0.3) is 0 Å². The fourth-order valence-electron chi connectivity index (χ4n) is 2.17. The molecule has 0 unspecified atom stereocenters. The fraction of sp³-hybridized carbons (Fsp3) is 0.368. The van der Waals surface area contributed by atoms with Crippen LogP contribution in [0.5, 0.6) is 0 Å². The van der Waals surface area contributed by atoms with Crippen molar-refractivity contribution in [2.24, 2.45) is 4.99 Å². The van der Waals surface area contributed by atoms with Gasteiger partial charge in [0.2, 0.25) is 5.91 Å². The summed E-state index contributed by atoms with van der Waals surface area (Å²) in [6, 6.07) is 9.28. The number of rotatable bonds is 10. The van der Waals surface area contributed by atoms with Crippen LogP contribution in [-0.2, 0) is 16.1 Å². The Labute approximate surface area is 158 Å². The van der Waals surface area contributed by atoms with Crippen LogP contribution >= 0.6 is 0 Å². The van der Waals surface area contributed by atoms with E-state index in [-0.39, 0.29) is 18.3 Å². The lowest BCUT2D eigenvalue weighted by Gasteiger charge is -2.11. The number of benzene rings is 1. The van der Waals surface area contributed by atoms with E-state index >= 15 is 0 Å². The Morgan fingerprint density at radius 3 is 2.74 bits per heavy atom. The van der Waals surface area contributed by atoms with E-state index < -0.39 is 0 Å². The third-order valence-corrected chi connectivity index (χ3v) is 3.44. The Morgan fingerprint density at radius 2 is 2.04 bits per heavy atom. The van der Waals surface area contributed by atoms with Crippen molar-refractivity contribution in [3.05, 3.63) is 54.2 Å². The molecule has 1 amide bonds. The second-order valence-electron chi connectivity index (χ2n) is 5.66. The van der Waals surface area contributed by atoms with Crippen molar-refractivity contribution in [3.63, 3.8) is 0 Å². The van der Waals surface area contributed by atoms with Crippen molar-refractivity contribution in [1.82, 2.24) is 10.6 Å². The van der Waals surface area contributed by atoms with Crippen molar-refractivity contribution >= 4 is 17.6 Å². The molecule has 0 spiro atoms. The van der Waals surface area contributed by atoms with Gasteiger partial charge in [-0.05, 0) is 49.7 Å². The minimum atomic E-state index is -0.349. The molecule has 7 nitrogen and oxygen atoms in total. The predicted octanol–water partition coefficient (Wildman–Crippen LogP) is 2.52. The summed E-state index contributed by atoms with van der Waals surface area (Å²) in [4.78, 5) is 16.2. The van der Waals surface area contributed by atoms with Gasteiger partial charge in [0.05, 0.1) is 6.26 Å². The molecule has 2 aromatic rings. The number of ether oxygens (including phenoxy) is 1. The zero-order chi connectivity index (χ0) is 19.3. The number of hydrogen-bond donors (Lipinski definition) is 3. The quantitative estimate of drug-likeness (QED) is 0.337. The normalized spacial score (nSPS) is 11.3. The second kappa shape index (κ2) is 11.7. The van der Waals surface area contributed by atoms with Crippen LogP contribution in [0.2, 0.25) is 0 Å². The third-order valence-electron chi connectivity index (χ3n) is 3.44. The van der Waals surface area contributed by atoms with Crippen LogP contribution in [0.3, 0.4) is 0 Å². The Morgan fingerprint density at radius 1 is 1.22 bits per heavy atom. The highest BCUT2D eigenvalue weighted by Crippen LogP contribution is 2.07. The van der Waals surface area contributed by atoms with E-state index in [9.17, 15) is 9.18 Å². The van der Waals surface area contributed by atoms with E-state index in [4.69, 9.17) is 9.15 Å². The molecule has 0 saturated carbocycles. The van der Waals surface area contributed by atoms with E-state index in [2.05, 4.69) is 20.9 Å². The van der Waals surface area contributed by atoms with Crippen molar-refractivity contribution in [2.75, 3.05) is 31.6 Å². The molecular weight excluding hydrogens is 351 g/mol. The maximum absolute atomic E-state index is 12.9. The van der Waals surface area contributed by atoms with Gasteiger partial charge >= 0.3 is 0 Å². The number of guanidine groups is 1. The molecule has 0 aliphatic rings. The van der Waals surface area contributed by atoms with Crippen molar-refractivity contribution in [3.8, 4) is 0 Å². The van der Waals surface area contributed by atoms with Gasteiger partial charge in [-0.15, -0.1) is 0 Å². The van der Waals surface area contributed by atoms with Gasteiger partial charge < -0.3 is 25.1 Å². The number of nitrogens with one attached hydrogen (secondary N) is 3. The van der Waals surface area contributed by atoms with E-state index in [0.29, 0.717) is 38.0 Å². The molecule has 0 aliphatic heterocycles. The molecule has 1 aromatic heterocycles. The summed E-state index contributed by atoms with van der Waals surface area (Å²) in [6.45, 7) is 4.27. The first kappa shape index (κ1) is 20.4. The van der Waals surface area contributed by atoms with Crippen molar-refractivity contribution < 1.29 is 18.3 Å². The van der Waals surface area contributed by atoms with Gasteiger partial charge in [-0.25, -0.2) is 9.38 Å².